The number of aromatic nitrogens is 5. The molecule has 0 saturated carbocycles. The van der Waals surface area contributed by atoms with Gasteiger partial charge in [0.05, 0.1) is 5.25 Å². The van der Waals surface area contributed by atoms with Gasteiger partial charge in [-0.3, -0.25) is 0 Å². The van der Waals surface area contributed by atoms with E-state index in [-0.39, 0.29) is 11.2 Å². The molecule has 0 aliphatic rings. The van der Waals surface area contributed by atoms with Gasteiger partial charge in [-0.05, 0) is 19.1 Å². The number of thioether (sulfide) groups is 1. The number of nitrogens with zero attached hydrogens (tertiary/aromatic N) is 5. The number of hydrogen-bond donors (Lipinski definition) is 1. The van der Waals surface area contributed by atoms with Crippen LogP contribution in [0, 0.1) is 0 Å². The Labute approximate surface area is 152 Å². The highest BCUT2D eigenvalue weighted by atomic mass is 79.9. The van der Waals surface area contributed by atoms with Gasteiger partial charge in [-0.25, -0.2) is 4.68 Å². The lowest BCUT2D eigenvalue weighted by molar-refractivity contribution is 0.373. The van der Waals surface area contributed by atoms with Crippen molar-refractivity contribution in [3.8, 4) is 11.4 Å². The molecule has 0 bridgehead atoms. The van der Waals surface area contributed by atoms with Crippen molar-refractivity contribution in [2.75, 3.05) is 5.84 Å². The minimum atomic E-state index is -0.0800. The monoisotopic (exact) mass is 408 g/mol. The van der Waals surface area contributed by atoms with Crippen molar-refractivity contribution in [1.29, 1.82) is 0 Å². The Morgan fingerprint density at radius 3 is 2.62 bits per heavy atom. The maximum atomic E-state index is 6.17. The third-order valence-corrected chi connectivity index (χ3v) is 5.12. The normalized spacial score (nSPS) is 12.7. The van der Waals surface area contributed by atoms with Crippen LogP contribution in [0.4, 0.5) is 0 Å². The Hall–Kier alpha value is -1.87. The van der Waals surface area contributed by atoms with E-state index in [2.05, 4.69) is 36.3 Å². The molecule has 0 amide bonds. The maximum absolute atomic E-state index is 6.17. The van der Waals surface area contributed by atoms with Gasteiger partial charge in [0.15, 0.2) is 11.6 Å². The van der Waals surface area contributed by atoms with Gasteiger partial charge < -0.3 is 10.4 Å². The zero-order chi connectivity index (χ0) is 17.3. The van der Waals surface area contributed by atoms with E-state index in [0.717, 1.165) is 10.0 Å². The van der Waals surface area contributed by atoms with Crippen molar-refractivity contribution in [2.24, 2.45) is 0 Å². The highest BCUT2D eigenvalue weighted by Gasteiger charge is 2.21. The molecule has 126 valence electrons. The van der Waals surface area contributed by atoms with Crippen LogP contribution in [-0.2, 0) is 0 Å². The summed E-state index contributed by atoms with van der Waals surface area (Å²) in [5.41, 5.74) is 0.881. The smallest absolute Gasteiger partial charge is 0.239 e. The molecule has 0 fully saturated rings. The first kappa shape index (κ1) is 17.0. The standard InChI is InChI=1S/C15H17BrN6OS/c1-8(2)12-18-14(23-21-12)9(3)24-15-20-19-13(22(15)17)10-6-4-5-7-11(10)16/h4-9H,17H2,1-3H3. The summed E-state index contributed by atoms with van der Waals surface area (Å²) in [6.07, 6.45) is 0. The van der Waals surface area contributed by atoms with Gasteiger partial charge in [0.1, 0.15) is 0 Å². The largest absolute Gasteiger partial charge is 0.338 e. The van der Waals surface area contributed by atoms with Crippen LogP contribution in [0.25, 0.3) is 11.4 Å². The molecule has 2 N–H and O–H groups in total. The number of rotatable bonds is 5. The molecule has 0 spiro atoms. The Kier molecular flexibility index (Phi) is 4.91. The van der Waals surface area contributed by atoms with Crippen LogP contribution in [0.3, 0.4) is 0 Å². The molecule has 1 unspecified atom stereocenters. The van der Waals surface area contributed by atoms with E-state index in [1.165, 1.54) is 16.4 Å². The van der Waals surface area contributed by atoms with Crippen LogP contribution in [0.1, 0.15) is 43.7 Å². The summed E-state index contributed by atoms with van der Waals surface area (Å²) in [7, 11) is 0. The summed E-state index contributed by atoms with van der Waals surface area (Å²) < 4.78 is 7.71. The first-order chi connectivity index (χ1) is 11.5. The molecular formula is C15H17BrN6OS. The fourth-order valence-electron chi connectivity index (χ4n) is 2.04. The van der Waals surface area contributed by atoms with Gasteiger partial charge in [-0.2, -0.15) is 4.98 Å². The molecule has 0 radical (unpaired) electrons. The van der Waals surface area contributed by atoms with Crippen LogP contribution in [0.15, 0.2) is 38.4 Å². The molecule has 7 nitrogen and oxygen atoms in total. The molecule has 0 aliphatic heterocycles. The molecule has 3 rings (SSSR count). The van der Waals surface area contributed by atoms with E-state index >= 15 is 0 Å². The fraction of sp³-hybridized carbons (Fsp3) is 0.333. The second-order valence-electron chi connectivity index (χ2n) is 5.56. The summed E-state index contributed by atoms with van der Waals surface area (Å²) in [6.45, 7) is 6.01. The quantitative estimate of drug-likeness (QED) is 0.506. The third-order valence-electron chi connectivity index (χ3n) is 3.38. The number of benzene rings is 1. The van der Waals surface area contributed by atoms with E-state index in [1.807, 2.05) is 45.0 Å². The minimum absolute atomic E-state index is 0.0800. The van der Waals surface area contributed by atoms with Gasteiger partial charge in [0.2, 0.25) is 11.0 Å². The summed E-state index contributed by atoms with van der Waals surface area (Å²) in [6, 6.07) is 7.73. The molecule has 0 saturated heterocycles. The maximum Gasteiger partial charge on any atom is 0.239 e. The Bertz CT molecular complexity index is 846. The minimum Gasteiger partial charge on any atom is -0.338 e. The van der Waals surface area contributed by atoms with Crippen molar-refractivity contribution in [3.63, 3.8) is 0 Å². The molecule has 2 aromatic heterocycles. The third kappa shape index (κ3) is 3.32. The lowest BCUT2D eigenvalue weighted by Gasteiger charge is -2.07. The summed E-state index contributed by atoms with van der Waals surface area (Å²) in [4.78, 5) is 4.41. The average molecular weight is 409 g/mol. The zero-order valence-electron chi connectivity index (χ0n) is 13.5. The molecule has 1 aromatic carbocycles. The highest BCUT2D eigenvalue weighted by molar-refractivity contribution is 9.10. The van der Waals surface area contributed by atoms with Crippen molar-refractivity contribution < 1.29 is 4.52 Å². The fourth-order valence-corrected chi connectivity index (χ4v) is 3.30. The molecule has 9 heteroatoms. The van der Waals surface area contributed by atoms with Crippen LogP contribution in [0.2, 0.25) is 0 Å². The summed E-state index contributed by atoms with van der Waals surface area (Å²) in [5.74, 6) is 8.22. The number of halogens is 1. The van der Waals surface area contributed by atoms with E-state index in [4.69, 9.17) is 10.4 Å². The average Bonchev–Trinajstić information content (AvgIpc) is 3.17. The van der Waals surface area contributed by atoms with E-state index in [1.54, 1.807) is 0 Å². The number of hydrogen-bond acceptors (Lipinski definition) is 7. The SMILES string of the molecule is CC(C)c1noc(C(C)Sc2nnc(-c3ccccc3Br)n2N)n1. The Morgan fingerprint density at radius 2 is 1.96 bits per heavy atom. The molecular weight excluding hydrogens is 392 g/mol. The lowest BCUT2D eigenvalue weighted by Crippen LogP contribution is -2.12. The van der Waals surface area contributed by atoms with Crippen molar-refractivity contribution in [3.05, 3.63) is 40.5 Å². The van der Waals surface area contributed by atoms with Crippen molar-refractivity contribution >= 4 is 27.7 Å². The van der Waals surface area contributed by atoms with Crippen molar-refractivity contribution in [1.82, 2.24) is 25.0 Å². The van der Waals surface area contributed by atoms with E-state index in [0.29, 0.717) is 22.7 Å². The van der Waals surface area contributed by atoms with Crippen LogP contribution < -0.4 is 5.84 Å². The van der Waals surface area contributed by atoms with Crippen molar-refractivity contribution in [2.45, 2.75) is 37.1 Å². The van der Waals surface area contributed by atoms with Crippen LogP contribution in [-0.4, -0.2) is 25.0 Å². The molecule has 1 atom stereocenters. The summed E-state index contributed by atoms with van der Waals surface area (Å²) in [5, 5.41) is 12.9. The molecule has 2 heterocycles. The van der Waals surface area contributed by atoms with Gasteiger partial charge in [-0.15, -0.1) is 10.2 Å². The molecule has 0 aliphatic carbocycles. The second kappa shape index (κ2) is 6.94. The first-order valence-electron chi connectivity index (χ1n) is 7.43. The predicted octanol–water partition coefficient (Wildman–Crippen LogP) is 3.78. The topological polar surface area (TPSA) is 95.7 Å². The highest BCUT2D eigenvalue weighted by Crippen LogP contribution is 2.35. The van der Waals surface area contributed by atoms with Crippen LogP contribution >= 0.6 is 27.7 Å². The van der Waals surface area contributed by atoms with E-state index in [9.17, 15) is 0 Å². The Morgan fingerprint density at radius 1 is 1.21 bits per heavy atom. The second-order valence-corrected chi connectivity index (χ2v) is 7.72. The molecule has 3 aromatic rings. The Balaban J connectivity index is 1.82. The number of nitrogens with two attached hydrogens (primary N) is 1. The van der Waals surface area contributed by atoms with E-state index < -0.39 is 0 Å². The van der Waals surface area contributed by atoms with Gasteiger partial charge in [0, 0.05) is 16.0 Å². The number of nitrogen functional groups attached to an aromatic ring is 1. The van der Waals surface area contributed by atoms with Gasteiger partial charge >= 0.3 is 0 Å². The predicted molar refractivity (Wildman–Crippen MR) is 96.0 cm³/mol. The zero-order valence-corrected chi connectivity index (χ0v) is 15.9. The molecule has 24 heavy (non-hydrogen) atoms. The first-order valence-corrected chi connectivity index (χ1v) is 9.10. The lowest BCUT2D eigenvalue weighted by atomic mass is 10.2. The van der Waals surface area contributed by atoms with Gasteiger partial charge in [0.25, 0.3) is 0 Å². The van der Waals surface area contributed by atoms with Crippen LogP contribution in [0.5, 0.6) is 0 Å². The van der Waals surface area contributed by atoms with Gasteiger partial charge in [-0.1, -0.05) is 58.8 Å². The summed E-state index contributed by atoms with van der Waals surface area (Å²) >= 11 is 4.93.